The molecule has 0 radical (unpaired) electrons. The van der Waals surface area contributed by atoms with Gasteiger partial charge in [-0.05, 0) is 59.2 Å². The summed E-state index contributed by atoms with van der Waals surface area (Å²) < 4.78 is 1.65. The van der Waals surface area contributed by atoms with Crippen LogP contribution in [0.1, 0.15) is 42.3 Å². The van der Waals surface area contributed by atoms with Crippen LogP contribution in [-0.2, 0) is 4.84 Å². The number of nitrogens with two attached hydrogens (primary N) is 1. The Labute approximate surface area is 190 Å². The van der Waals surface area contributed by atoms with Crippen molar-refractivity contribution in [2.45, 2.75) is 31.2 Å². The summed E-state index contributed by atoms with van der Waals surface area (Å²) in [5, 5.41) is 8.74. The molecule has 1 aliphatic carbocycles. The number of carbonyl (C=O) groups excluding carboxylic acids is 1. The lowest BCUT2D eigenvalue weighted by Crippen LogP contribution is -2.33. The number of amides is 2. The van der Waals surface area contributed by atoms with Gasteiger partial charge >= 0.3 is 6.03 Å². The predicted octanol–water partition coefficient (Wildman–Crippen LogP) is 4.77. The number of urea groups is 1. The van der Waals surface area contributed by atoms with E-state index in [2.05, 4.69) is 27.5 Å². The van der Waals surface area contributed by atoms with Crippen LogP contribution in [0.15, 0.2) is 66.9 Å². The summed E-state index contributed by atoms with van der Waals surface area (Å²) in [6.07, 6.45) is 4.89. The molecule has 1 atom stereocenters. The Balaban J connectivity index is 1.31. The molecular weight excluding hydrogens is 416 g/mol. The number of hydrogen-bond donors (Lipinski definition) is 2. The van der Waals surface area contributed by atoms with Gasteiger partial charge in [0.05, 0.1) is 12.6 Å². The Bertz CT molecular complexity index is 1330. The van der Waals surface area contributed by atoms with Gasteiger partial charge in [-0.2, -0.15) is 10.0 Å². The van der Waals surface area contributed by atoms with Gasteiger partial charge in [0.2, 0.25) is 5.95 Å². The average molecular weight is 441 g/mol. The third kappa shape index (κ3) is 3.78. The first kappa shape index (κ1) is 19.8. The van der Waals surface area contributed by atoms with Crippen molar-refractivity contribution in [3.05, 3.63) is 78.0 Å². The van der Waals surface area contributed by atoms with Gasteiger partial charge < -0.3 is 11.1 Å². The van der Waals surface area contributed by atoms with E-state index in [1.54, 1.807) is 4.52 Å². The number of pyridine rings is 1. The lowest BCUT2D eigenvalue weighted by molar-refractivity contribution is -0.0829. The molecule has 2 aliphatic rings. The van der Waals surface area contributed by atoms with Crippen LogP contribution in [0.25, 0.3) is 16.8 Å². The number of hydroxylamine groups is 2. The minimum absolute atomic E-state index is 0.0976. The van der Waals surface area contributed by atoms with Gasteiger partial charge in [0.1, 0.15) is 0 Å². The van der Waals surface area contributed by atoms with Crippen LogP contribution in [0.3, 0.4) is 0 Å². The van der Waals surface area contributed by atoms with E-state index in [-0.39, 0.29) is 18.0 Å². The SMILES string of the molecule is Nc1nc2cc(-c3ccc(C4CC4)c(NC(=O)N4OCC[C@H]4c4ccccc4)c3)ccn2n1. The molecule has 2 aromatic heterocycles. The average Bonchev–Trinajstić information content (AvgIpc) is 3.42. The molecule has 3 heterocycles. The molecule has 2 aromatic carbocycles. The van der Waals surface area contributed by atoms with Crippen LogP contribution in [-0.4, -0.2) is 32.3 Å². The van der Waals surface area contributed by atoms with Crippen LogP contribution >= 0.6 is 0 Å². The smallest absolute Gasteiger partial charge is 0.346 e. The van der Waals surface area contributed by atoms with Crippen molar-refractivity contribution >= 4 is 23.3 Å². The van der Waals surface area contributed by atoms with E-state index < -0.39 is 0 Å². The first-order valence-electron chi connectivity index (χ1n) is 11.2. The summed E-state index contributed by atoms with van der Waals surface area (Å²) >= 11 is 0. The molecule has 166 valence electrons. The summed E-state index contributed by atoms with van der Waals surface area (Å²) in [5.74, 6) is 0.723. The number of aromatic nitrogens is 3. The van der Waals surface area contributed by atoms with Gasteiger partial charge in [0, 0.05) is 18.3 Å². The standard InChI is InChI=1S/C25H24N6O2/c26-24-28-23-15-19(10-12-30(23)29-24)18-8-9-20(16-6-7-16)21(14-18)27-25(32)31-22(11-13-33-31)17-4-2-1-3-5-17/h1-5,8-10,12,14-16,22H,6-7,11,13H2,(H2,26,29)(H,27,32)/t22-/m0/s1. The molecule has 6 rings (SSSR count). The van der Waals surface area contributed by atoms with Crippen molar-refractivity contribution in [1.29, 1.82) is 0 Å². The Morgan fingerprint density at radius 1 is 1.03 bits per heavy atom. The molecule has 1 aliphatic heterocycles. The summed E-state index contributed by atoms with van der Waals surface area (Å²) in [5.41, 5.74) is 11.4. The van der Waals surface area contributed by atoms with Gasteiger partial charge in [0.15, 0.2) is 5.65 Å². The Morgan fingerprint density at radius 2 is 1.85 bits per heavy atom. The fraction of sp³-hybridized carbons (Fsp3) is 0.240. The number of nitrogen functional groups attached to an aromatic ring is 1. The Morgan fingerprint density at radius 3 is 2.67 bits per heavy atom. The molecule has 8 heteroatoms. The van der Waals surface area contributed by atoms with Gasteiger partial charge in [-0.15, -0.1) is 5.10 Å². The van der Waals surface area contributed by atoms with Crippen molar-refractivity contribution < 1.29 is 9.63 Å². The number of fused-ring (bicyclic) bond motifs is 1. The maximum Gasteiger partial charge on any atom is 0.346 e. The lowest BCUT2D eigenvalue weighted by atomic mass is 10.0. The first-order valence-corrected chi connectivity index (χ1v) is 11.2. The van der Waals surface area contributed by atoms with Gasteiger partial charge in [-0.25, -0.2) is 9.31 Å². The second kappa shape index (κ2) is 7.90. The Hall–Kier alpha value is -3.91. The molecule has 1 saturated carbocycles. The molecule has 0 unspecified atom stereocenters. The second-order valence-corrected chi connectivity index (χ2v) is 8.57. The van der Waals surface area contributed by atoms with Crippen LogP contribution in [0.5, 0.6) is 0 Å². The normalized spacial score (nSPS) is 18.1. The molecule has 2 amide bonds. The first-order chi connectivity index (χ1) is 16.2. The zero-order chi connectivity index (χ0) is 22.4. The Kier molecular flexibility index (Phi) is 4.73. The number of rotatable bonds is 4. The topological polar surface area (TPSA) is 97.8 Å². The molecular formula is C25H24N6O2. The van der Waals surface area contributed by atoms with Crippen molar-refractivity contribution in [3.8, 4) is 11.1 Å². The monoisotopic (exact) mass is 440 g/mol. The fourth-order valence-corrected chi connectivity index (χ4v) is 4.49. The molecule has 1 saturated heterocycles. The number of benzene rings is 2. The van der Waals surface area contributed by atoms with Crippen molar-refractivity contribution in [3.63, 3.8) is 0 Å². The van der Waals surface area contributed by atoms with Gasteiger partial charge in [0.25, 0.3) is 0 Å². The number of nitrogens with one attached hydrogen (secondary N) is 1. The van der Waals surface area contributed by atoms with Crippen LogP contribution in [0.2, 0.25) is 0 Å². The van der Waals surface area contributed by atoms with E-state index in [1.807, 2.05) is 54.7 Å². The van der Waals surface area contributed by atoms with E-state index in [4.69, 9.17) is 10.6 Å². The minimum atomic E-state index is -0.249. The van der Waals surface area contributed by atoms with Crippen molar-refractivity contribution in [2.75, 3.05) is 17.7 Å². The van der Waals surface area contributed by atoms with Gasteiger partial charge in [-0.1, -0.05) is 42.5 Å². The van der Waals surface area contributed by atoms with E-state index >= 15 is 0 Å². The van der Waals surface area contributed by atoms with E-state index in [0.29, 0.717) is 18.2 Å². The highest BCUT2D eigenvalue weighted by Gasteiger charge is 2.33. The zero-order valence-corrected chi connectivity index (χ0v) is 18.0. The van der Waals surface area contributed by atoms with Gasteiger partial charge in [-0.3, -0.25) is 4.84 Å². The van der Waals surface area contributed by atoms with Crippen LogP contribution in [0, 0.1) is 0 Å². The zero-order valence-electron chi connectivity index (χ0n) is 18.0. The number of nitrogens with zero attached hydrogens (tertiary/aromatic N) is 4. The molecule has 0 spiro atoms. The minimum Gasteiger partial charge on any atom is -0.366 e. The largest absolute Gasteiger partial charge is 0.366 e. The van der Waals surface area contributed by atoms with Crippen molar-refractivity contribution in [1.82, 2.24) is 19.7 Å². The maximum absolute atomic E-state index is 13.3. The third-order valence-electron chi connectivity index (χ3n) is 6.29. The van der Waals surface area contributed by atoms with Crippen molar-refractivity contribution in [2.24, 2.45) is 0 Å². The molecule has 33 heavy (non-hydrogen) atoms. The summed E-state index contributed by atoms with van der Waals surface area (Å²) in [7, 11) is 0. The predicted molar refractivity (Wildman–Crippen MR) is 125 cm³/mol. The molecule has 0 bridgehead atoms. The maximum atomic E-state index is 13.3. The third-order valence-corrected chi connectivity index (χ3v) is 6.29. The van der Waals surface area contributed by atoms with E-state index in [1.165, 1.54) is 5.06 Å². The van der Waals surface area contributed by atoms with E-state index in [9.17, 15) is 4.79 Å². The highest BCUT2D eigenvalue weighted by atomic mass is 16.7. The second-order valence-electron chi connectivity index (χ2n) is 8.57. The number of carbonyl (C=O) groups is 1. The number of anilines is 2. The van der Waals surface area contributed by atoms with Crippen LogP contribution < -0.4 is 11.1 Å². The molecule has 2 fully saturated rings. The highest BCUT2D eigenvalue weighted by molar-refractivity contribution is 5.91. The van der Waals surface area contributed by atoms with E-state index in [0.717, 1.165) is 47.2 Å². The summed E-state index contributed by atoms with van der Waals surface area (Å²) in [6, 6.07) is 19.8. The summed E-state index contributed by atoms with van der Waals surface area (Å²) in [6.45, 7) is 0.518. The lowest BCUT2D eigenvalue weighted by Gasteiger charge is -2.24. The quantitative estimate of drug-likeness (QED) is 0.477. The summed E-state index contributed by atoms with van der Waals surface area (Å²) in [4.78, 5) is 23.3. The fourth-order valence-electron chi connectivity index (χ4n) is 4.49. The highest BCUT2D eigenvalue weighted by Crippen LogP contribution is 2.45. The molecule has 4 aromatic rings. The molecule has 3 N–H and O–H groups in total. The number of hydrogen-bond acceptors (Lipinski definition) is 5. The molecule has 8 nitrogen and oxygen atoms in total. The van der Waals surface area contributed by atoms with Crippen LogP contribution in [0.4, 0.5) is 16.4 Å².